The number of aromatic amines is 1. The van der Waals surface area contributed by atoms with E-state index in [0.717, 1.165) is 33.4 Å². The normalized spacial score (nSPS) is 12.2. The summed E-state index contributed by atoms with van der Waals surface area (Å²) in [5, 5.41) is 21.0. The van der Waals surface area contributed by atoms with Crippen molar-refractivity contribution in [1.82, 2.24) is 20.2 Å². The first-order chi connectivity index (χ1) is 12.3. The Kier molecular flexibility index (Phi) is 4.10. The number of hydrogen-bond acceptors (Lipinski definition) is 5. The molecule has 124 valence electrons. The molecule has 6 nitrogen and oxygen atoms in total. The van der Waals surface area contributed by atoms with Gasteiger partial charge in [-0.15, -0.1) is 0 Å². The molecule has 3 heterocycles. The van der Waals surface area contributed by atoms with Gasteiger partial charge < -0.3 is 10.4 Å². The monoisotopic (exact) mass is 331 g/mol. The second-order valence-corrected chi connectivity index (χ2v) is 5.78. The van der Waals surface area contributed by atoms with Crippen molar-refractivity contribution in [3.05, 3.63) is 72.8 Å². The average molecular weight is 331 g/mol. The third kappa shape index (κ3) is 3.20. The van der Waals surface area contributed by atoms with Crippen LogP contribution in [0.4, 0.5) is 5.69 Å². The quantitative estimate of drug-likeness (QED) is 0.523. The number of aromatic nitrogens is 4. The van der Waals surface area contributed by atoms with Crippen molar-refractivity contribution in [3.63, 3.8) is 0 Å². The van der Waals surface area contributed by atoms with E-state index in [1.165, 1.54) is 0 Å². The summed E-state index contributed by atoms with van der Waals surface area (Å²) in [5.74, 6) is 0. The maximum Gasteiger partial charge on any atom is 0.0833 e. The van der Waals surface area contributed by atoms with Gasteiger partial charge in [0.15, 0.2) is 0 Å². The minimum Gasteiger partial charge on any atom is -0.394 e. The third-order valence-corrected chi connectivity index (χ3v) is 4.08. The van der Waals surface area contributed by atoms with Crippen LogP contribution >= 0.6 is 0 Å². The van der Waals surface area contributed by atoms with Gasteiger partial charge in [-0.05, 0) is 17.7 Å². The molecular weight excluding hydrogens is 314 g/mol. The Morgan fingerprint density at radius 2 is 1.92 bits per heavy atom. The van der Waals surface area contributed by atoms with Crippen LogP contribution in [0.5, 0.6) is 0 Å². The van der Waals surface area contributed by atoms with Gasteiger partial charge in [-0.1, -0.05) is 30.3 Å². The summed E-state index contributed by atoms with van der Waals surface area (Å²) in [7, 11) is 0. The minimum absolute atomic E-state index is 0.00648. The number of rotatable bonds is 5. The number of anilines is 1. The first-order valence-electron chi connectivity index (χ1n) is 8.00. The fraction of sp³-hybridized carbons (Fsp3) is 0.105. The van der Waals surface area contributed by atoms with Crippen LogP contribution in [0.2, 0.25) is 0 Å². The lowest BCUT2D eigenvalue weighted by Crippen LogP contribution is -2.14. The van der Waals surface area contributed by atoms with Gasteiger partial charge in [-0.2, -0.15) is 5.10 Å². The minimum atomic E-state index is -0.192. The lowest BCUT2D eigenvalue weighted by molar-refractivity contribution is 0.276. The fourth-order valence-electron chi connectivity index (χ4n) is 2.78. The molecule has 3 aromatic heterocycles. The molecule has 4 rings (SSSR count). The SMILES string of the molecule is OCC(Nc1cncc(-c2cc3cn[nH]c3cn2)c1)c1ccccc1. The van der Waals surface area contributed by atoms with Crippen molar-refractivity contribution in [2.45, 2.75) is 6.04 Å². The second-order valence-electron chi connectivity index (χ2n) is 5.78. The van der Waals surface area contributed by atoms with Gasteiger partial charge in [0.05, 0.1) is 41.9 Å². The van der Waals surface area contributed by atoms with Crippen molar-refractivity contribution >= 4 is 16.6 Å². The molecule has 0 saturated heterocycles. The smallest absolute Gasteiger partial charge is 0.0833 e. The van der Waals surface area contributed by atoms with Gasteiger partial charge in [0, 0.05) is 23.3 Å². The fourth-order valence-corrected chi connectivity index (χ4v) is 2.78. The van der Waals surface area contributed by atoms with Crippen molar-refractivity contribution < 1.29 is 5.11 Å². The highest BCUT2D eigenvalue weighted by molar-refractivity contribution is 5.81. The van der Waals surface area contributed by atoms with Crippen LogP contribution in [0.1, 0.15) is 11.6 Å². The van der Waals surface area contributed by atoms with Gasteiger partial charge >= 0.3 is 0 Å². The Bertz CT molecular complexity index is 983. The molecule has 0 aliphatic carbocycles. The summed E-state index contributed by atoms with van der Waals surface area (Å²) in [5.41, 5.74) is 4.47. The molecule has 4 aromatic rings. The Morgan fingerprint density at radius 3 is 2.76 bits per heavy atom. The van der Waals surface area contributed by atoms with Crippen molar-refractivity contribution in [2.24, 2.45) is 0 Å². The van der Waals surface area contributed by atoms with Crippen LogP contribution in [0, 0.1) is 0 Å². The number of nitrogens with zero attached hydrogens (tertiary/aromatic N) is 3. The van der Waals surface area contributed by atoms with Gasteiger partial charge in [0.25, 0.3) is 0 Å². The van der Waals surface area contributed by atoms with Crippen molar-refractivity contribution in [1.29, 1.82) is 0 Å². The predicted molar refractivity (Wildman–Crippen MR) is 97.0 cm³/mol. The summed E-state index contributed by atoms with van der Waals surface area (Å²) in [6.07, 6.45) is 7.05. The van der Waals surface area contributed by atoms with E-state index in [4.69, 9.17) is 0 Å². The third-order valence-electron chi connectivity index (χ3n) is 4.08. The molecule has 0 bridgehead atoms. The molecule has 0 aliphatic heterocycles. The van der Waals surface area contributed by atoms with E-state index in [1.54, 1.807) is 24.8 Å². The van der Waals surface area contributed by atoms with Crippen molar-refractivity contribution in [2.75, 3.05) is 11.9 Å². The number of hydrogen-bond donors (Lipinski definition) is 3. The summed E-state index contributed by atoms with van der Waals surface area (Å²) in [6.45, 7) is -0.00648. The van der Waals surface area contributed by atoms with Gasteiger partial charge in [0.2, 0.25) is 0 Å². The molecular formula is C19H17N5O. The Balaban J connectivity index is 1.62. The maximum absolute atomic E-state index is 9.72. The zero-order chi connectivity index (χ0) is 17.1. The standard InChI is InChI=1S/C19H17N5O/c25-12-19(13-4-2-1-3-5-13)23-16-6-14(8-20-10-16)17-7-15-9-22-24-18(15)11-21-17/h1-11,19,23,25H,12H2,(H,22,24). The molecule has 0 amide bonds. The summed E-state index contributed by atoms with van der Waals surface area (Å²) in [6, 6.07) is 13.6. The first-order valence-corrected chi connectivity index (χ1v) is 8.00. The van der Waals surface area contributed by atoms with E-state index in [0.29, 0.717) is 0 Å². The van der Waals surface area contributed by atoms with Gasteiger partial charge in [0.1, 0.15) is 0 Å². The molecule has 1 atom stereocenters. The summed E-state index contributed by atoms with van der Waals surface area (Å²) in [4.78, 5) is 8.76. The molecule has 0 aliphatic rings. The van der Waals surface area contributed by atoms with Crippen LogP contribution in [0.3, 0.4) is 0 Å². The van der Waals surface area contributed by atoms with E-state index in [1.807, 2.05) is 42.5 Å². The van der Waals surface area contributed by atoms with Crippen LogP contribution < -0.4 is 5.32 Å². The largest absolute Gasteiger partial charge is 0.394 e. The average Bonchev–Trinajstić information content (AvgIpc) is 3.15. The number of aliphatic hydroxyl groups excluding tert-OH is 1. The molecule has 0 fully saturated rings. The predicted octanol–water partition coefficient (Wildman–Crippen LogP) is 3.17. The number of pyridine rings is 2. The van der Waals surface area contributed by atoms with Crippen molar-refractivity contribution in [3.8, 4) is 11.3 Å². The zero-order valence-corrected chi connectivity index (χ0v) is 13.4. The van der Waals surface area contributed by atoms with E-state index < -0.39 is 0 Å². The topological polar surface area (TPSA) is 86.7 Å². The Labute approximate surface area is 144 Å². The second kappa shape index (κ2) is 6.70. The van der Waals surface area contributed by atoms with Crippen LogP contribution in [0.25, 0.3) is 22.2 Å². The van der Waals surface area contributed by atoms with E-state index >= 15 is 0 Å². The molecule has 1 aromatic carbocycles. The molecule has 25 heavy (non-hydrogen) atoms. The first kappa shape index (κ1) is 15.3. The lowest BCUT2D eigenvalue weighted by Gasteiger charge is -2.18. The number of nitrogens with one attached hydrogen (secondary N) is 2. The van der Waals surface area contributed by atoms with E-state index in [9.17, 15) is 5.11 Å². The van der Waals surface area contributed by atoms with Gasteiger partial charge in [-0.25, -0.2) is 0 Å². The van der Waals surface area contributed by atoms with E-state index in [-0.39, 0.29) is 12.6 Å². The molecule has 0 saturated carbocycles. The van der Waals surface area contributed by atoms with E-state index in [2.05, 4.69) is 25.5 Å². The van der Waals surface area contributed by atoms with Gasteiger partial charge in [-0.3, -0.25) is 15.1 Å². The Hall–Kier alpha value is -3.25. The molecule has 0 spiro atoms. The van der Waals surface area contributed by atoms with Crippen LogP contribution in [0.15, 0.2) is 67.3 Å². The Morgan fingerprint density at radius 1 is 1.04 bits per heavy atom. The molecule has 6 heteroatoms. The maximum atomic E-state index is 9.72. The molecule has 3 N–H and O–H groups in total. The lowest BCUT2D eigenvalue weighted by atomic mass is 10.1. The highest BCUT2D eigenvalue weighted by Gasteiger charge is 2.11. The summed E-state index contributed by atoms with van der Waals surface area (Å²) >= 11 is 0. The zero-order valence-electron chi connectivity index (χ0n) is 13.4. The number of benzene rings is 1. The highest BCUT2D eigenvalue weighted by atomic mass is 16.3. The number of aliphatic hydroxyl groups is 1. The summed E-state index contributed by atoms with van der Waals surface area (Å²) < 4.78 is 0. The van der Waals surface area contributed by atoms with Crippen LogP contribution in [-0.2, 0) is 0 Å². The highest BCUT2D eigenvalue weighted by Crippen LogP contribution is 2.25. The molecule has 1 unspecified atom stereocenters. The number of fused-ring (bicyclic) bond motifs is 1. The van der Waals surface area contributed by atoms with Crippen LogP contribution in [-0.4, -0.2) is 31.9 Å². The number of H-pyrrole nitrogens is 1. The molecule has 0 radical (unpaired) electrons.